The number of aryl methyl sites for hydroxylation is 1. The van der Waals surface area contributed by atoms with Crippen LogP contribution in [-0.2, 0) is 14.8 Å². The standard InChI is InChI=1S/C25H31ClN4O4S2/c1-17-8-10-18(11-9-17)36(32,33)30-16-5-7-20(30)24(31)29(15-6-14-28(2)3)25-27-22-21(34-4)13-12-19(26)23(22)35-25/h8-13,20H,5-7,14-16H2,1-4H3. The summed E-state index contributed by atoms with van der Waals surface area (Å²) in [5.74, 6) is 0.304. The minimum atomic E-state index is -3.82. The van der Waals surface area contributed by atoms with Gasteiger partial charge in [-0.3, -0.25) is 9.69 Å². The zero-order valence-electron chi connectivity index (χ0n) is 20.9. The molecule has 0 spiro atoms. The molecular formula is C25H31ClN4O4S2. The summed E-state index contributed by atoms with van der Waals surface area (Å²) in [6.45, 7) is 3.39. The molecule has 2 aromatic carbocycles. The zero-order valence-corrected chi connectivity index (χ0v) is 23.3. The van der Waals surface area contributed by atoms with Gasteiger partial charge in [-0.25, -0.2) is 13.4 Å². The van der Waals surface area contributed by atoms with E-state index in [-0.39, 0.29) is 10.8 Å². The summed E-state index contributed by atoms with van der Waals surface area (Å²) >= 11 is 7.75. The van der Waals surface area contributed by atoms with Crippen LogP contribution in [0.3, 0.4) is 0 Å². The lowest BCUT2D eigenvalue weighted by Gasteiger charge is -2.29. The molecule has 4 rings (SSSR count). The number of aromatic nitrogens is 1. The third-order valence-corrected chi connectivity index (χ3v) is 9.73. The maximum atomic E-state index is 14.0. The third-order valence-electron chi connectivity index (χ3n) is 6.27. The smallest absolute Gasteiger partial charge is 0.247 e. The van der Waals surface area contributed by atoms with Crippen molar-refractivity contribution in [3.63, 3.8) is 0 Å². The lowest BCUT2D eigenvalue weighted by Crippen LogP contribution is -2.48. The summed E-state index contributed by atoms with van der Waals surface area (Å²) in [5, 5.41) is 1.01. The molecule has 1 amide bonds. The summed E-state index contributed by atoms with van der Waals surface area (Å²) in [6.07, 6.45) is 1.78. The molecule has 0 saturated carbocycles. The first-order chi connectivity index (χ1) is 17.1. The van der Waals surface area contributed by atoms with E-state index < -0.39 is 16.1 Å². The van der Waals surface area contributed by atoms with Gasteiger partial charge in [-0.15, -0.1) is 0 Å². The third kappa shape index (κ3) is 5.38. The number of sulfonamides is 1. The van der Waals surface area contributed by atoms with Crippen molar-refractivity contribution in [2.45, 2.75) is 37.1 Å². The Morgan fingerprint density at radius 3 is 2.58 bits per heavy atom. The number of anilines is 1. The van der Waals surface area contributed by atoms with Crippen LogP contribution in [0.4, 0.5) is 5.13 Å². The number of fused-ring (bicyclic) bond motifs is 1. The molecule has 1 atom stereocenters. The van der Waals surface area contributed by atoms with Crippen LogP contribution in [0.5, 0.6) is 5.75 Å². The van der Waals surface area contributed by atoms with Crippen molar-refractivity contribution in [3.8, 4) is 5.75 Å². The molecule has 0 radical (unpaired) electrons. The summed E-state index contributed by atoms with van der Waals surface area (Å²) < 4.78 is 34.5. The highest BCUT2D eigenvalue weighted by atomic mass is 35.5. The zero-order chi connectivity index (χ0) is 26.0. The fraction of sp³-hybridized carbons (Fsp3) is 0.440. The SMILES string of the molecule is COc1ccc(Cl)c2sc(N(CCCN(C)C)C(=O)C3CCCN3S(=O)(=O)c3ccc(C)cc3)nc12. The Morgan fingerprint density at radius 1 is 1.19 bits per heavy atom. The highest BCUT2D eigenvalue weighted by Gasteiger charge is 2.42. The van der Waals surface area contributed by atoms with Crippen LogP contribution in [0.1, 0.15) is 24.8 Å². The van der Waals surface area contributed by atoms with Crippen molar-refractivity contribution in [2.24, 2.45) is 0 Å². The number of ether oxygens (including phenoxy) is 1. The van der Waals surface area contributed by atoms with Gasteiger partial charge in [0.25, 0.3) is 0 Å². The molecule has 0 N–H and O–H groups in total. The molecular weight excluding hydrogens is 520 g/mol. The highest BCUT2D eigenvalue weighted by molar-refractivity contribution is 7.89. The Hall–Kier alpha value is -2.24. The van der Waals surface area contributed by atoms with Crippen LogP contribution in [0.25, 0.3) is 10.2 Å². The summed E-state index contributed by atoms with van der Waals surface area (Å²) in [4.78, 5) is 22.6. The Bertz CT molecular complexity index is 1340. The highest BCUT2D eigenvalue weighted by Crippen LogP contribution is 2.39. The number of hydrogen-bond donors (Lipinski definition) is 0. The van der Waals surface area contributed by atoms with Crippen LogP contribution in [0.2, 0.25) is 5.02 Å². The second-order valence-electron chi connectivity index (χ2n) is 9.16. The van der Waals surface area contributed by atoms with Crippen LogP contribution in [0.15, 0.2) is 41.3 Å². The summed E-state index contributed by atoms with van der Waals surface area (Å²) in [6, 6.07) is 9.44. The van der Waals surface area contributed by atoms with Gasteiger partial charge in [0.1, 0.15) is 17.3 Å². The van der Waals surface area contributed by atoms with Crippen LogP contribution >= 0.6 is 22.9 Å². The molecule has 1 fully saturated rings. The fourth-order valence-corrected chi connectivity index (χ4v) is 7.31. The van der Waals surface area contributed by atoms with Crippen LogP contribution < -0.4 is 9.64 Å². The van der Waals surface area contributed by atoms with E-state index in [1.54, 1.807) is 48.4 Å². The van der Waals surface area contributed by atoms with Gasteiger partial charge in [0.2, 0.25) is 15.9 Å². The molecule has 1 saturated heterocycles. The van der Waals surface area contributed by atoms with Gasteiger partial charge >= 0.3 is 0 Å². The average Bonchev–Trinajstić information content (AvgIpc) is 3.51. The predicted octanol–water partition coefficient (Wildman–Crippen LogP) is 4.40. The second-order valence-corrected chi connectivity index (χ2v) is 12.4. The van der Waals surface area contributed by atoms with E-state index in [9.17, 15) is 13.2 Å². The first kappa shape index (κ1) is 26.8. The molecule has 0 bridgehead atoms. The average molecular weight is 551 g/mol. The Kier molecular flexibility index (Phi) is 8.21. The number of carbonyl (C=O) groups excluding carboxylic acids is 1. The van der Waals surface area contributed by atoms with E-state index in [2.05, 4.69) is 0 Å². The molecule has 0 aliphatic carbocycles. The molecule has 1 unspecified atom stereocenters. The number of halogens is 1. The summed E-state index contributed by atoms with van der Waals surface area (Å²) in [7, 11) is 1.69. The summed E-state index contributed by atoms with van der Waals surface area (Å²) in [5.41, 5.74) is 1.56. The van der Waals surface area contributed by atoms with Crippen LogP contribution in [0, 0.1) is 6.92 Å². The lowest BCUT2D eigenvalue weighted by atomic mass is 10.2. The number of nitrogens with zero attached hydrogens (tertiary/aromatic N) is 4. The minimum absolute atomic E-state index is 0.198. The van der Waals surface area contributed by atoms with Gasteiger partial charge in [0.15, 0.2) is 5.13 Å². The Balaban J connectivity index is 1.70. The van der Waals surface area contributed by atoms with Crippen molar-refractivity contribution < 1.29 is 17.9 Å². The van der Waals surface area contributed by atoms with Crippen molar-refractivity contribution in [2.75, 3.05) is 45.7 Å². The van der Waals surface area contributed by atoms with Gasteiger partial charge in [0.05, 0.1) is 21.7 Å². The number of benzene rings is 2. The van der Waals surface area contributed by atoms with Crippen molar-refractivity contribution >= 4 is 54.2 Å². The van der Waals surface area contributed by atoms with Gasteiger partial charge < -0.3 is 9.64 Å². The maximum Gasteiger partial charge on any atom is 0.247 e. The molecule has 2 heterocycles. The van der Waals surface area contributed by atoms with Gasteiger partial charge in [0, 0.05) is 13.1 Å². The van der Waals surface area contributed by atoms with Gasteiger partial charge in [-0.2, -0.15) is 4.31 Å². The predicted molar refractivity (Wildman–Crippen MR) is 145 cm³/mol. The molecule has 11 heteroatoms. The molecule has 1 aromatic heterocycles. The minimum Gasteiger partial charge on any atom is -0.494 e. The Morgan fingerprint density at radius 2 is 1.92 bits per heavy atom. The molecule has 1 aliphatic heterocycles. The monoisotopic (exact) mass is 550 g/mol. The van der Waals surface area contributed by atoms with Crippen molar-refractivity contribution in [3.05, 3.63) is 47.0 Å². The number of rotatable bonds is 9. The van der Waals surface area contributed by atoms with E-state index in [1.807, 2.05) is 25.9 Å². The lowest BCUT2D eigenvalue weighted by molar-refractivity contribution is -0.121. The van der Waals surface area contributed by atoms with Gasteiger partial charge in [-0.05, 0) is 71.1 Å². The number of amides is 1. The van der Waals surface area contributed by atoms with Crippen LogP contribution in [-0.4, -0.2) is 75.4 Å². The number of methoxy groups -OCH3 is 1. The van der Waals surface area contributed by atoms with E-state index in [4.69, 9.17) is 21.3 Å². The first-order valence-electron chi connectivity index (χ1n) is 11.8. The van der Waals surface area contributed by atoms with E-state index in [0.29, 0.717) is 53.8 Å². The Labute approximate surface area is 221 Å². The first-order valence-corrected chi connectivity index (χ1v) is 14.4. The second kappa shape index (κ2) is 11.0. The maximum absolute atomic E-state index is 14.0. The quantitative estimate of drug-likeness (QED) is 0.392. The van der Waals surface area contributed by atoms with Crippen molar-refractivity contribution in [1.82, 2.24) is 14.2 Å². The van der Waals surface area contributed by atoms with E-state index >= 15 is 0 Å². The molecule has 194 valence electrons. The fourth-order valence-electron chi connectivity index (χ4n) is 4.37. The number of hydrogen-bond acceptors (Lipinski definition) is 7. The number of carbonyl (C=O) groups is 1. The van der Waals surface area contributed by atoms with Gasteiger partial charge in [-0.1, -0.05) is 40.6 Å². The van der Waals surface area contributed by atoms with E-state index in [0.717, 1.165) is 16.8 Å². The molecule has 3 aromatic rings. The molecule has 8 nitrogen and oxygen atoms in total. The normalized spacial score (nSPS) is 16.7. The molecule has 36 heavy (non-hydrogen) atoms. The topological polar surface area (TPSA) is 83.0 Å². The number of thiazole rings is 1. The molecule has 1 aliphatic rings. The van der Waals surface area contributed by atoms with Crippen molar-refractivity contribution in [1.29, 1.82) is 0 Å². The van der Waals surface area contributed by atoms with E-state index in [1.165, 1.54) is 15.6 Å². The largest absolute Gasteiger partial charge is 0.494 e.